The number of ether oxygens (including phenoxy) is 2. The number of phenolic OH excluding ortho intramolecular Hbond substituents is 1. The summed E-state index contributed by atoms with van der Waals surface area (Å²) in [6.45, 7) is 8.11. The quantitative estimate of drug-likeness (QED) is 0.453. The van der Waals surface area contributed by atoms with Crippen LogP contribution in [0.4, 0.5) is 0 Å². The molecule has 8 heteroatoms. The van der Waals surface area contributed by atoms with E-state index in [1.54, 1.807) is 26.4 Å². The molecule has 2 amide bonds. The minimum atomic E-state index is -0.222. The Labute approximate surface area is 226 Å². The zero-order valence-electron chi connectivity index (χ0n) is 23.2. The van der Waals surface area contributed by atoms with E-state index in [1.807, 2.05) is 55.1 Å². The number of benzene rings is 2. The second-order valence-corrected chi connectivity index (χ2v) is 10.4. The van der Waals surface area contributed by atoms with Gasteiger partial charge in [0.05, 0.1) is 24.7 Å². The number of methoxy groups -OCH3 is 2. The number of rotatable bonds is 10. The molecular formula is C30H43N3O5. The molecule has 208 valence electrons. The number of nitrogens with zero attached hydrogens (tertiary/aromatic N) is 2. The summed E-state index contributed by atoms with van der Waals surface area (Å²) in [7, 11) is 3.35. The van der Waals surface area contributed by atoms with Crippen molar-refractivity contribution < 1.29 is 24.2 Å². The number of hydrogen-bond donors (Lipinski definition) is 2. The summed E-state index contributed by atoms with van der Waals surface area (Å²) >= 11 is 0. The molecule has 0 saturated carbocycles. The second-order valence-electron chi connectivity index (χ2n) is 10.4. The average Bonchev–Trinajstić information content (AvgIpc) is 3.23. The predicted octanol–water partition coefficient (Wildman–Crippen LogP) is 4.13. The summed E-state index contributed by atoms with van der Waals surface area (Å²) < 4.78 is 9.97. The van der Waals surface area contributed by atoms with Crippen LogP contribution >= 0.6 is 0 Å². The van der Waals surface area contributed by atoms with Gasteiger partial charge in [-0.05, 0) is 88.0 Å². The fourth-order valence-electron chi connectivity index (χ4n) is 5.11. The highest BCUT2D eigenvalue weighted by Crippen LogP contribution is 2.42. The van der Waals surface area contributed by atoms with E-state index in [4.69, 9.17) is 9.47 Å². The van der Waals surface area contributed by atoms with Crippen LogP contribution in [0.1, 0.15) is 56.7 Å². The molecule has 2 saturated heterocycles. The van der Waals surface area contributed by atoms with Gasteiger partial charge >= 0.3 is 0 Å². The van der Waals surface area contributed by atoms with Gasteiger partial charge in [0.1, 0.15) is 11.5 Å². The molecule has 8 nitrogen and oxygen atoms in total. The fourth-order valence-corrected chi connectivity index (χ4v) is 5.11. The molecular weight excluding hydrogens is 482 g/mol. The zero-order chi connectivity index (χ0) is 27.5. The maximum atomic E-state index is 13.3. The van der Waals surface area contributed by atoms with Crippen LogP contribution in [0.25, 0.3) is 0 Å². The molecule has 1 atom stereocenters. The van der Waals surface area contributed by atoms with Crippen LogP contribution in [-0.4, -0.2) is 73.7 Å². The van der Waals surface area contributed by atoms with Gasteiger partial charge in [-0.15, -0.1) is 0 Å². The van der Waals surface area contributed by atoms with Crippen molar-refractivity contribution in [1.29, 1.82) is 0 Å². The van der Waals surface area contributed by atoms with Crippen molar-refractivity contribution in [2.75, 3.05) is 40.4 Å². The molecule has 2 heterocycles. The van der Waals surface area contributed by atoms with E-state index >= 15 is 0 Å². The average molecular weight is 526 g/mol. The van der Waals surface area contributed by atoms with Crippen LogP contribution < -0.4 is 10.1 Å². The van der Waals surface area contributed by atoms with Gasteiger partial charge in [0, 0.05) is 26.7 Å². The first-order valence-electron chi connectivity index (χ1n) is 13.5. The van der Waals surface area contributed by atoms with Crippen molar-refractivity contribution in [3.8, 4) is 11.5 Å². The van der Waals surface area contributed by atoms with Crippen LogP contribution in [0, 0.1) is 5.41 Å². The van der Waals surface area contributed by atoms with Gasteiger partial charge in [0.15, 0.2) is 0 Å². The first kappa shape index (κ1) is 29.5. The molecule has 1 unspecified atom stereocenters. The lowest BCUT2D eigenvalue weighted by Crippen LogP contribution is -2.45. The number of phenols is 1. The highest BCUT2D eigenvalue weighted by atomic mass is 16.5. The van der Waals surface area contributed by atoms with Gasteiger partial charge in [-0.25, -0.2) is 0 Å². The van der Waals surface area contributed by atoms with E-state index in [1.165, 1.54) is 0 Å². The maximum absolute atomic E-state index is 13.3. The third-order valence-electron chi connectivity index (χ3n) is 7.72. The van der Waals surface area contributed by atoms with Crippen molar-refractivity contribution in [3.63, 3.8) is 0 Å². The monoisotopic (exact) mass is 525 g/mol. The molecule has 0 aliphatic carbocycles. The molecule has 38 heavy (non-hydrogen) atoms. The first-order valence-corrected chi connectivity index (χ1v) is 13.5. The molecule has 2 aliphatic heterocycles. The molecule has 0 radical (unpaired) electrons. The van der Waals surface area contributed by atoms with Crippen LogP contribution in [0.15, 0.2) is 48.5 Å². The van der Waals surface area contributed by atoms with Crippen molar-refractivity contribution in [1.82, 2.24) is 15.1 Å². The summed E-state index contributed by atoms with van der Waals surface area (Å²) in [6.07, 6.45) is 4.60. The van der Waals surface area contributed by atoms with Crippen LogP contribution in [0.2, 0.25) is 0 Å². The number of carbonyl (C=O) groups excluding carboxylic acids is 2. The molecule has 2 aromatic carbocycles. The highest BCUT2D eigenvalue weighted by Gasteiger charge is 2.47. The SMILES string of the molecule is COC(C)C.COc1ccc(CN2CCC3(CCN(CCC(NC=O)c4ccc(O)cc4)CC3)C2=O)cc1. The smallest absolute Gasteiger partial charge is 0.229 e. The van der Waals surface area contributed by atoms with Gasteiger partial charge in [0.2, 0.25) is 12.3 Å². The zero-order valence-corrected chi connectivity index (χ0v) is 23.2. The Hall–Kier alpha value is -3.10. The molecule has 2 aromatic rings. The van der Waals surface area contributed by atoms with Crippen molar-refractivity contribution in [2.24, 2.45) is 5.41 Å². The third kappa shape index (κ3) is 7.95. The predicted molar refractivity (Wildman–Crippen MR) is 148 cm³/mol. The van der Waals surface area contributed by atoms with E-state index in [2.05, 4.69) is 10.2 Å². The van der Waals surface area contributed by atoms with E-state index in [0.717, 1.165) is 75.1 Å². The number of aromatic hydroxyl groups is 1. The van der Waals surface area contributed by atoms with Crippen LogP contribution in [-0.2, 0) is 20.9 Å². The molecule has 1 spiro atoms. The highest BCUT2D eigenvalue weighted by molar-refractivity contribution is 5.85. The first-order chi connectivity index (χ1) is 18.3. The van der Waals surface area contributed by atoms with Crippen molar-refractivity contribution in [2.45, 2.75) is 58.2 Å². The largest absolute Gasteiger partial charge is 0.508 e. The summed E-state index contributed by atoms with van der Waals surface area (Å²) in [6, 6.07) is 14.8. The summed E-state index contributed by atoms with van der Waals surface area (Å²) in [5.74, 6) is 1.33. The minimum Gasteiger partial charge on any atom is -0.508 e. The summed E-state index contributed by atoms with van der Waals surface area (Å²) in [5.41, 5.74) is 1.88. The maximum Gasteiger partial charge on any atom is 0.229 e. The Kier molecular flexibility index (Phi) is 11.0. The number of amides is 2. The molecule has 2 aliphatic rings. The second kappa shape index (κ2) is 14.2. The van der Waals surface area contributed by atoms with Gasteiger partial charge in [0.25, 0.3) is 0 Å². The fraction of sp³-hybridized carbons (Fsp3) is 0.533. The lowest BCUT2D eigenvalue weighted by molar-refractivity contribution is -0.138. The Morgan fingerprint density at radius 3 is 2.16 bits per heavy atom. The lowest BCUT2D eigenvalue weighted by atomic mass is 9.77. The number of hydrogen-bond acceptors (Lipinski definition) is 6. The Morgan fingerprint density at radius 1 is 1.00 bits per heavy atom. The number of nitrogens with one attached hydrogen (secondary N) is 1. The van der Waals surface area contributed by atoms with Gasteiger partial charge in [-0.1, -0.05) is 24.3 Å². The number of piperidine rings is 1. The molecule has 4 rings (SSSR count). The van der Waals surface area contributed by atoms with E-state index in [9.17, 15) is 14.7 Å². The van der Waals surface area contributed by atoms with Gasteiger partial charge in [-0.2, -0.15) is 0 Å². The Bertz CT molecular complexity index is 1000. The molecule has 0 aromatic heterocycles. The van der Waals surface area contributed by atoms with Gasteiger partial charge < -0.3 is 29.7 Å². The van der Waals surface area contributed by atoms with E-state index in [-0.39, 0.29) is 17.2 Å². The van der Waals surface area contributed by atoms with Gasteiger partial charge in [-0.3, -0.25) is 9.59 Å². The lowest BCUT2D eigenvalue weighted by Gasteiger charge is -2.38. The number of carbonyl (C=O) groups is 2. The van der Waals surface area contributed by atoms with Crippen molar-refractivity contribution in [3.05, 3.63) is 59.7 Å². The summed E-state index contributed by atoms with van der Waals surface area (Å²) in [5, 5.41) is 12.4. The van der Waals surface area contributed by atoms with Crippen molar-refractivity contribution >= 4 is 12.3 Å². The molecule has 2 fully saturated rings. The topological polar surface area (TPSA) is 91.3 Å². The third-order valence-corrected chi connectivity index (χ3v) is 7.72. The normalized spacial score (nSPS) is 17.7. The summed E-state index contributed by atoms with van der Waals surface area (Å²) in [4.78, 5) is 28.8. The van der Waals surface area contributed by atoms with E-state index < -0.39 is 0 Å². The van der Waals surface area contributed by atoms with Crippen LogP contribution in [0.5, 0.6) is 11.5 Å². The standard InChI is InChI=1S/C26H33N3O4.C4H10O/c1-33-23-8-2-20(3-9-23)18-29-17-13-26(25(29)32)11-15-28(16-12-26)14-10-24(27-19-30)21-4-6-22(31)7-5-21;1-4(2)5-3/h2-9,19,24,31H,10-18H2,1H3,(H,27,30);4H,1-3H3. The minimum absolute atomic E-state index is 0.0907. The Morgan fingerprint density at radius 2 is 1.61 bits per heavy atom. The molecule has 0 bridgehead atoms. The van der Waals surface area contributed by atoms with E-state index in [0.29, 0.717) is 18.6 Å². The molecule has 2 N–H and O–H groups in total. The van der Waals surface area contributed by atoms with Crippen LogP contribution in [0.3, 0.4) is 0 Å². The Balaban J connectivity index is 0.000000732. The number of likely N-dealkylation sites (tertiary alicyclic amines) is 2.